The number of benzene rings is 2. The Hall–Kier alpha value is -3.35. The predicted molar refractivity (Wildman–Crippen MR) is 119 cm³/mol. The monoisotopic (exact) mass is 433 g/mol. The van der Waals surface area contributed by atoms with E-state index in [2.05, 4.69) is 24.3 Å². The first-order chi connectivity index (χ1) is 15.6. The summed E-state index contributed by atoms with van der Waals surface area (Å²) in [6.45, 7) is 1.20. The molecule has 166 valence electrons. The Bertz CT molecular complexity index is 1020. The maximum atomic E-state index is 13.1. The molecule has 32 heavy (non-hydrogen) atoms. The second-order valence-electron chi connectivity index (χ2n) is 8.75. The lowest BCUT2D eigenvalue weighted by Gasteiger charge is -2.30. The average Bonchev–Trinajstić information content (AvgIpc) is 3.55. The van der Waals surface area contributed by atoms with Gasteiger partial charge in [-0.3, -0.25) is 14.5 Å². The molecule has 2 atom stereocenters. The Morgan fingerprint density at radius 3 is 2.03 bits per heavy atom. The maximum Gasteiger partial charge on any atom is 0.410 e. The quantitative estimate of drug-likeness (QED) is 0.802. The molecule has 0 saturated carbocycles. The summed E-state index contributed by atoms with van der Waals surface area (Å²) in [4.78, 5) is 40.9. The van der Waals surface area contributed by atoms with Crippen molar-refractivity contribution in [3.8, 4) is 11.1 Å². The molecule has 0 aromatic heterocycles. The van der Waals surface area contributed by atoms with Gasteiger partial charge in [-0.05, 0) is 47.9 Å². The van der Waals surface area contributed by atoms with Gasteiger partial charge in [0.05, 0.1) is 0 Å². The number of hydrogen-bond donors (Lipinski definition) is 1. The first-order valence-electron chi connectivity index (χ1n) is 11.3. The Morgan fingerprint density at radius 2 is 1.41 bits per heavy atom. The summed E-state index contributed by atoms with van der Waals surface area (Å²) in [5.74, 6) is -0.709. The number of primary amides is 1. The summed E-state index contributed by atoms with van der Waals surface area (Å²) in [5, 5.41) is 0. The molecule has 3 aliphatic rings. The smallest absolute Gasteiger partial charge is 0.410 e. The number of fused-ring (bicyclic) bond motifs is 3. The topological polar surface area (TPSA) is 92.9 Å². The molecule has 0 spiro atoms. The van der Waals surface area contributed by atoms with Crippen molar-refractivity contribution in [3.63, 3.8) is 0 Å². The fourth-order valence-corrected chi connectivity index (χ4v) is 5.44. The molecule has 3 amide bonds. The number of hydrogen-bond acceptors (Lipinski definition) is 4. The van der Waals surface area contributed by atoms with Crippen LogP contribution in [-0.2, 0) is 14.3 Å². The van der Waals surface area contributed by atoms with Crippen LogP contribution in [0.15, 0.2) is 48.5 Å². The lowest BCUT2D eigenvalue weighted by molar-refractivity contribution is -0.140. The number of ether oxygens (including phenoxy) is 1. The third-order valence-corrected chi connectivity index (χ3v) is 6.97. The van der Waals surface area contributed by atoms with Crippen molar-refractivity contribution < 1.29 is 19.1 Å². The van der Waals surface area contributed by atoms with E-state index >= 15 is 0 Å². The zero-order valence-corrected chi connectivity index (χ0v) is 17.9. The summed E-state index contributed by atoms with van der Waals surface area (Å²) < 4.78 is 5.77. The Balaban J connectivity index is 1.29. The van der Waals surface area contributed by atoms with Crippen molar-refractivity contribution >= 4 is 17.9 Å². The molecule has 5 rings (SSSR count). The molecule has 2 heterocycles. The van der Waals surface area contributed by atoms with Gasteiger partial charge in [0.15, 0.2) is 0 Å². The molecule has 2 aliphatic heterocycles. The summed E-state index contributed by atoms with van der Waals surface area (Å²) in [7, 11) is 0. The molecule has 2 fully saturated rings. The van der Waals surface area contributed by atoms with Gasteiger partial charge in [-0.15, -0.1) is 0 Å². The molecule has 7 nitrogen and oxygen atoms in total. The minimum absolute atomic E-state index is 0.0269. The number of rotatable bonds is 4. The van der Waals surface area contributed by atoms with Crippen molar-refractivity contribution in [1.29, 1.82) is 0 Å². The second-order valence-corrected chi connectivity index (χ2v) is 8.75. The Morgan fingerprint density at radius 1 is 0.844 bits per heavy atom. The first-order valence-corrected chi connectivity index (χ1v) is 11.3. The minimum atomic E-state index is -0.592. The van der Waals surface area contributed by atoms with E-state index in [4.69, 9.17) is 10.5 Å². The zero-order valence-electron chi connectivity index (χ0n) is 17.9. The second kappa shape index (κ2) is 8.30. The van der Waals surface area contributed by atoms with Crippen LogP contribution in [0.1, 0.15) is 42.7 Å². The van der Waals surface area contributed by atoms with Gasteiger partial charge in [0.1, 0.15) is 18.7 Å². The highest BCUT2D eigenvalue weighted by Gasteiger charge is 2.42. The highest BCUT2D eigenvalue weighted by Crippen LogP contribution is 2.44. The number of carbonyl (C=O) groups is 3. The number of likely N-dealkylation sites (tertiary alicyclic amines) is 2. The van der Waals surface area contributed by atoms with Gasteiger partial charge >= 0.3 is 6.09 Å². The molecule has 2 saturated heterocycles. The highest BCUT2D eigenvalue weighted by atomic mass is 16.6. The summed E-state index contributed by atoms with van der Waals surface area (Å²) in [6.07, 6.45) is 2.16. The lowest BCUT2D eigenvalue weighted by Crippen LogP contribution is -2.52. The van der Waals surface area contributed by atoms with E-state index in [1.807, 2.05) is 24.3 Å². The minimum Gasteiger partial charge on any atom is -0.448 e. The molecule has 2 N–H and O–H groups in total. The van der Waals surface area contributed by atoms with Crippen molar-refractivity contribution in [2.45, 2.75) is 43.7 Å². The molecule has 7 heteroatoms. The number of carbonyl (C=O) groups excluding carboxylic acids is 3. The zero-order chi connectivity index (χ0) is 22.2. The predicted octanol–water partition coefficient (Wildman–Crippen LogP) is 2.88. The van der Waals surface area contributed by atoms with E-state index in [0.717, 1.165) is 24.0 Å². The fraction of sp³-hybridized carbons (Fsp3) is 0.400. The van der Waals surface area contributed by atoms with E-state index in [-0.39, 0.29) is 18.4 Å². The van der Waals surface area contributed by atoms with Crippen LogP contribution >= 0.6 is 0 Å². The van der Waals surface area contributed by atoms with Gasteiger partial charge in [-0.1, -0.05) is 48.5 Å². The Kier molecular flexibility index (Phi) is 5.33. The van der Waals surface area contributed by atoms with E-state index in [0.29, 0.717) is 25.9 Å². The molecular formula is C25H27N3O4. The molecule has 0 unspecified atom stereocenters. The van der Waals surface area contributed by atoms with Gasteiger partial charge in [0.25, 0.3) is 0 Å². The third kappa shape index (κ3) is 3.42. The molecule has 2 aromatic carbocycles. The summed E-state index contributed by atoms with van der Waals surface area (Å²) in [5.41, 5.74) is 10.1. The normalized spacial score (nSPS) is 22.0. The average molecular weight is 434 g/mol. The van der Waals surface area contributed by atoms with Crippen LogP contribution in [-0.4, -0.2) is 59.5 Å². The molecule has 1 aliphatic carbocycles. The van der Waals surface area contributed by atoms with E-state index in [9.17, 15) is 14.4 Å². The van der Waals surface area contributed by atoms with Gasteiger partial charge < -0.3 is 15.4 Å². The van der Waals surface area contributed by atoms with Gasteiger partial charge in [-0.2, -0.15) is 0 Å². The van der Waals surface area contributed by atoms with Crippen molar-refractivity contribution in [2.75, 3.05) is 19.7 Å². The van der Waals surface area contributed by atoms with Crippen LogP contribution in [0.25, 0.3) is 11.1 Å². The Labute approximate surface area is 187 Å². The van der Waals surface area contributed by atoms with E-state index < -0.39 is 24.1 Å². The van der Waals surface area contributed by atoms with Crippen molar-refractivity contribution in [3.05, 3.63) is 59.7 Å². The van der Waals surface area contributed by atoms with Crippen LogP contribution in [0.5, 0.6) is 0 Å². The van der Waals surface area contributed by atoms with E-state index in [1.165, 1.54) is 16.0 Å². The first kappa shape index (κ1) is 20.5. The number of nitrogens with two attached hydrogens (primary N) is 1. The van der Waals surface area contributed by atoms with Crippen LogP contribution in [0.3, 0.4) is 0 Å². The SMILES string of the molecule is NC(=O)[C@@H]1CCCN1C(=O)[C@@H]1CCCN1C(=O)OCC1c2ccccc2-c2ccccc21. The van der Waals surface area contributed by atoms with Gasteiger partial charge in [0, 0.05) is 19.0 Å². The standard InChI is InChI=1S/C25H27N3O4/c26-23(29)21-11-5-13-27(21)24(30)22-12-6-14-28(22)25(31)32-15-20-18-9-3-1-7-16(18)17-8-2-4-10-19(17)20/h1-4,7-10,20-22H,5-6,11-15H2,(H2,26,29)/t21-,22-/m0/s1. The highest BCUT2D eigenvalue weighted by molar-refractivity contribution is 5.91. The van der Waals surface area contributed by atoms with Crippen molar-refractivity contribution in [2.24, 2.45) is 5.73 Å². The maximum absolute atomic E-state index is 13.1. The van der Waals surface area contributed by atoms with Crippen LogP contribution in [0, 0.1) is 0 Å². The molecule has 0 radical (unpaired) electrons. The van der Waals surface area contributed by atoms with Crippen LogP contribution in [0.4, 0.5) is 4.79 Å². The van der Waals surface area contributed by atoms with Gasteiger partial charge in [0.2, 0.25) is 11.8 Å². The number of amides is 3. The number of nitrogens with zero attached hydrogens (tertiary/aromatic N) is 2. The molecule has 2 aromatic rings. The molecule has 0 bridgehead atoms. The summed E-state index contributed by atoms with van der Waals surface area (Å²) in [6, 6.07) is 15.2. The van der Waals surface area contributed by atoms with Crippen molar-refractivity contribution in [1.82, 2.24) is 9.80 Å². The van der Waals surface area contributed by atoms with Crippen LogP contribution in [0.2, 0.25) is 0 Å². The third-order valence-electron chi connectivity index (χ3n) is 6.97. The van der Waals surface area contributed by atoms with E-state index in [1.54, 1.807) is 4.90 Å². The fourth-order valence-electron chi connectivity index (χ4n) is 5.44. The lowest BCUT2D eigenvalue weighted by atomic mass is 9.98. The summed E-state index contributed by atoms with van der Waals surface area (Å²) >= 11 is 0. The van der Waals surface area contributed by atoms with Gasteiger partial charge in [-0.25, -0.2) is 4.79 Å². The van der Waals surface area contributed by atoms with Crippen LogP contribution < -0.4 is 5.73 Å². The molecular weight excluding hydrogens is 406 g/mol. The largest absolute Gasteiger partial charge is 0.448 e.